The molecule has 4 aliphatic rings. The van der Waals surface area contributed by atoms with Gasteiger partial charge in [0.25, 0.3) is 0 Å². The van der Waals surface area contributed by atoms with Crippen molar-refractivity contribution in [2.24, 2.45) is 51.5 Å². The van der Waals surface area contributed by atoms with Crippen LogP contribution < -0.4 is 10.6 Å². The highest BCUT2D eigenvalue weighted by molar-refractivity contribution is 5.88. The number of unbranched alkanes of at least 4 members (excludes halogenated alkanes) is 1. The molecule has 10 nitrogen and oxygen atoms in total. The maximum atomic E-state index is 12.6. The van der Waals surface area contributed by atoms with E-state index in [-0.39, 0.29) is 53.5 Å². The average molecular weight is 612 g/mol. The van der Waals surface area contributed by atoms with Crippen LogP contribution in [0.5, 0.6) is 0 Å². The molecular formula is C34H53N5O5. The maximum Gasteiger partial charge on any atom is 0.245 e. The average Bonchev–Trinajstić information content (AvgIpc) is 3.34. The summed E-state index contributed by atoms with van der Waals surface area (Å²) in [6.07, 6.45) is 15.4. The van der Waals surface area contributed by atoms with Crippen LogP contribution in [-0.2, 0) is 9.59 Å². The Balaban J connectivity index is 1.31. The van der Waals surface area contributed by atoms with Gasteiger partial charge in [0.05, 0.1) is 24.9 Å². The summed E-state index contributed by atoms with van der Waals surface area (Å²) in [5.74, 6) is 3.61. The van der Waals surface area contributed by atoms with Crippen LogP contribution in [0.4, 0.5) is 0 Å². The largest absolute Gasteiger partial charge is 0.393 e. The lowest BCUT2D eigenvalue weighted by Crippen LogP contribution is -2.64. The number of aliphatic hydroxyl groups excluding tert-OH is 3. The van der Waals surface area contributed by atoms with Gasteiger partial charge in [-0.15, -0.1) is 12.3 Å². The predicted octanol–water partition coefficient (Wildman–Crippen LogP) is 4.59. The first-order valence-electron chi connectivity index (χ1n) is 16.7. The van der Waals surface area contributed by atoms with Crippen LogP contribution >= 0.6 is 0 Å². The fourth-order valence-electron chi connectivity index (χ4n) is 10.0. The van der Waals surface area contributed by atoms with Gasteiger partial charge in [-0.25, -0.2) is 0 Å². The van der Waals surface area contributed by atoms with E-state index in [4.69, 9.17) is 12.0 Å². The summed E-state index contributed by atoms with van der Waals surface area (Å²) in [6.45, 7) is 6.93. The van der Waals surface area contributed by atoms with Crippen LogP contribution in [0.2, 0.25) is 0 Å². The first kappa shape index (κ1) is 34.3. The topological polar surface area (TPSA) is 168 Å². The lowest BCUT2D eigenvalue weighted by atomic mass is 9.43. The van der Waals surface area contributed by atoms with Crippen LogP contribution in [0, 0.1) is 58.7 Å². The minimum absolute atomic E-state index is 0.0380. The summed E-state index contributed by atoms with van der Waals surface area (Å²) >= 11 is 0. The number of nitrogens with one attached hydrogen (secondary N) is 2. The number of aliphatic hydroxyl groups is 3. The Bertz CT molecular complexity index is 1150. The van der Waals surface area contributed by atoms with E-state index < -0.39 is 18.4 Å². The summed E-state index contributed by atoms with van der Waals surface area (Å²) in [7, 11) is 0. The number of nitrogens with zero attached hydrogens (tertiary/aromatic N) is 3. The van der Waals surface area contributed by atoms with Crippen molar-refractivity contribution in [1.82, 2.24) is 10.6 Å². The number of hydrogen-bond donors (Lipinski definition) is 5. The van der Waals surface area contributed by atoms with E-state index in [0.717, 1.165) is 51.4 Å². The van der Waals surface area contributed by atoms with Gasteiger partial charge in [-0.05, 0) is 122 Å². The van der Waals surface area contributed by atoms with Crippen molar-refractivity contribution in [2.45, 2.75) is 122 Å². The Hall–Kier alpha value is -2.57. The van der Waals surface area contributed by atoms with Crippen LogP contribution in [0.3, 0.4) is 0 Å². The van der Waals surface area contributed by atoms with Crippen molar-refractivity contribution in [1.29, 1.82) is 0 Å². The molecule has 0 aliphatic heterocycles. The molecule has 0 aromatic heterocycles. The molecule has 4 rings (SSSR count). The molecule has 12 unspecified atom stereocenters. The molecule has 0 saturated heterocycles. The second kappa shape index (κ2) is 14.7. The van der Waals surface area contributed by atoms with Crippen molar-refractivity contribution in [2.75, 3.05) is 6.54 Å². The Morgan fingerprint density at radius 1 is 1.07 bits per heavy atom. The number of carbonyl (C=O) groups excluding carboxylic acids is 2. The molecule has 244 valence electrons. The van der Waals surface area contributed by atoms with Crippen molar-refractivity contribution < 1.29 is 24.9 Å². The minimum atomic E-state index is -0.796. The Morgan fingerprint density at radius 3 is 2.52 bits per heavy atom. The number of azide groups is 1. The summed E-state index contributed by atoms with van der Waals surface area (Å²) in [4.78, 5) is 27.4. The summed E-state index contributed by atoms with van der Waals surface area (Å²) in [5, 5.41) is 42.0. The van der Waals surface area contributed by atoms with E-state index in [9.17, 15) is 24.9 Å². The summed E-state index contributed by atoms with van der Waals surface area (Å²) < 4.78 is 0. The molecule has 2 amide bonds. The fourth-order valence-corrected chi connectivity index (χ4v) is 10.0. The molecule has 0 bridgehead atoms. The first-order chi connectivity index (χ1) is 21.0. The van der Waals surface area contributed by atoms with Crippen LogP contribution in [-0.4, -0.2) is 58.2 Å². The zero-order valence-corrected chi connectivity index (χ0v) is 26.7. The Labute approximate surface area is 262 Å². The molecule has 0 radical (unpaired) electrons. The Morgan fingerprint density at radius 2 is 1.80 bits per heavy atom. The molecule has 10 heteroatoms. The van der Waals surface area contributed by atoms with Crippen molar-refractivity contribution in [3.63, 3.8) is 0 Å². The number of carbonyl (C=O) groups is 2. The molecule has 0 heterocycles. The van der Waals surface area contributed by atoms with Gasteiger partial charge in [0.1, 0.15) is 6.17 Å². The summed E-state index contributed by atoms with van der Waals surface area (Å²) in [5.41, 5.74) is 8.74. The second-order valence-electron chi connectivity index (χ2n) is 14.6. The first-order valence-corrected chi connectivity index (χ1v) is 16.7. The van der Waals surface area contributed by atoms with Gasteiger partial charge in [-0.1, -0.05) is 32.0 Å². The molecule has 4 fully saturated rings. The van der Waals surface area contributed by atoms with E-state index in [2.05, 4.69) is 47.4 Å². The third-order valence-corrected chi connectivity index (χ3v) is 12.2. The van der Waals surface area contributed by atoms with Crippen molar-refractivity contribution in [3.8, 4) is 12.3 Å². The second-order valence-corrected chi connectivity index (χ2v) is 14.6. The van der Waals surface area contributed by atoms with Gasteiger partial charge < -0.3 is 26.0 Å². The van der Waals surface area contributed by atoms with E-state index in [0.29, 0.717) is 42.9 Å². The number of hydrogen-bond acceptors (Lipinski definition) is 6. The van der Waals surface area contributed by atoms with Crippen molar-refractivity contribution >= 4 is 11.8 Å². The summed E-state index contributed by atoms with van der Waals surface area (Å²) in [6, 6.07) is 0. The highest BCUT2D eigenvalue weighted by Crippen LogP contribution is 2.68. The number of allylic oxidation sites excluding steroid dienone is 1. The lowest BCUT2D eigenvalue weighted by molar-refractivity contribution is -0.223. The van der Waals surface area contributed by atoms with E-state index in [1.807, 2.05) is 6.08 Å². The lowest BCUT2D eigenvalue weighted by Gasteiger charge is -2.63. The van der Waals surface area contributed by atoms with Crippen LogP contribution in [0.1, 0.15) is 97.8 Å². The monoisotopic (exact) mass is 611 g/mol. The van der Waals surface area contributed by atoms with Crippen LogP contribution in [0.15, 0.2) is 17.3 Å². The molecule has 4 saturated carbocycles. The van der Waals surface area contributed by atoms with Gasteiger partial charge in [0.2, 0.25) is 11.8 Å². The molecule has 0 aromatic carbocycles. The molecular weight excluding hydrogens is 558 g/mol. The Kier molecular flexibility index (Phi) is 11.4. The van der Waals surface area contributed by atoms with Gasteiger partial charge in [0, 0.05) is 17.8 Å². The predicted molar refractivity (Wildman–Crippen MR) is 168 cm³/mol. The van der Waals surface area contributed by atoms with E-state index in [1.54, 1.807) is 0 Å². The number of fused-ring (bicyclic) bond motifs is 5. The molecule has 0 spiro atoms. The highest BCUT2D eigenvalue weighted by atomic mass is 16.3. The normalized spacial score (nSPS) is 39.1. The highest BCUT2D eigenvalue weighted by Gasteiger charge is 2.65. The molecule has 12 atom stereocenters. The maximum absolute atomic E-state index is 12.6. The van der Waals surface area contributed by atoms with Gasteiger partial charge in [0.15, 0.2) is 0 Å². The molecule has 0 aromatic rings. The van der Waals surface area contributed by atoms with Gasteiger partial charge >= 0.3 is 0 Å². The third kappa shape index (κ3) is 7.12. The smallest absolute Gasteiger partial charge is 0.245 e. The zero-order chi connectivity index (χ0) is 32.1. The fraction of sp³-hybridized carbons (Fsp3) is 0.824. The standard InChI is InChI=1S/C34H53N5O5/c1-5-6-7-11-28(41)37-27(20-36-39-35)38-29(42)12-9-8-10-21(2)23-13-14-24-30-25(16-18-33(23,24)3)34(4)17-15-22(40)19-26(34)31(43)32(30)44/h1,9,12,21-27,30-32,40,43-44H,6-8,10-11,13-20H2,2-4H3,(H,37,41)(H,38,42). The van der Waals surface area contributed by atoms with Crippen molar-refractivity contribution in [3.05, 3.63) is 22.6 Å². The number of terminal acetylenes is 1. The minimum Gasteiger partial charge on any atom is -0.393 e. The zero-order valence-electron chi connectivity index (χ0n) is 26.7. The van der Waals surface area contributed by atoms with E-state index >= 15 is 0 Å². The van der Waals surface area contributed by atoms with Gasteiger partial charge in [-0.3, -0.25) is 9.59 Å². The quantitative estimate of drug-likeness (QED) is 0.0413. The molecule has 44 heavy (non-hydrogen) atoms. The number of amides is 2. The van der Waals surface area contributed by atoms with Gasteiger partial charge in [-0.2, -0.15) is 0 Å². The molecule has 4 aliphatic carbocycles. The van der Waals surface area contributed by atoms with Crippen LogP contribution in [0.25, 0.3) is 10.4 Å². The SMILES string of the molecule is C#CCCCC(=O)NC(CN=[N+]=[N-])NC(=O)C=CCCC(C)C1CCC2C3C(O)C(O)C4CC(O)CCC4(C)C3CCC12C. The third-order valence-electron chi connectivity index (χ3n) is 12.2. The number of rotatable bonds is 12. The molecule has 5 N–H and O–H groups in total. The van der Waals surface area contributed by atoms with E-state index in [1.165, 1.54) is 6.08 Å².